The van der Waals surface area contributed by atoms with Gasteiger partial charge in [-0.15, -0.1) is 0 Å². The van der Waals surface area contributed by atoms with Gasteiger partial charge < -0.3 is 14.6 Å². The number of para-hydroxylation sites is 1. The van der Waals surface area contributed by atoms with Crippen molar-refractivity contribution in [1.82, 2.24) is 4.90 Å². The molecular formula is C15H23NO3. The van der Waals surface area contributed by atoms with E-state index in [-0.39, 0.29) is 18.8 Å². The van der Waals surface area contributed by atoms with Crippen molar-refractivity contribution in [3.63, 3.8) is 0 Å². The molecule has 19 heavy (non-hydrogen) atoms. The summed E-state index contributed by atoms with van der Waals surface area (Å²) in [5, 5.41) is 9.26. The maximum atomic E-state index is 9.26. The summed E-state index contributed by atoms with van der Waals surface area (Å²) in [6.07, 6.45) is 0.0770. The van der Waals surface area contributed by atoms with Crippen LogP contribution in [0.1, 0.15) is 19.4 Å². The molecule has 0 aromatic heterocycles. The van der Waals surface area contributed by atoms with Gasteiger partial charge >= 0.3 is 0 Å². The lowest BCUT2D eigenvalue weighted by atomic mass is 10.1. The van der Waals surface area contributed by atoms with Gasteiger partial charge in [0.05, 0.1) is 25.4 Å². The summed E-state index contributed by atoms with van der Waals surface area (Å²) in [5.41, 5.74) is 1.19. The molecule has 4 heteroatoms. The van der Waals surface area contributed by atoms with Crippen molar-refractivity contribution in [3.05, 3.63) is 29.8 Å². The topological polar surface area (TPSA) is 41.9 Å². The van der Waals surface area contributed by atoms with Gasteiger partial charge in [-0.3, -0.25) is 4.90 Å². The third-order valence-electron chi connectivity index (χ3n) is 3.27. The first-order chi connectivity index (χ1) is 9.22. The van der Waals surface area contributed by atoms with Crippen molar-refractivity contribution >= 4 is 0 Å². The maximum Gasteiger partial charge on any atom is 0.123 e. The SMILES string of the molecule is CCOc1ccccc1CN1CC(C)OC(CO)C1. The molecule has 2 atom stereocenters. The van der Waals surface area contributed by atoms with Crippen LogP contribution in [0.3, 0.4) is 0 Å². The summed E-state index contributed by atoms with van der Waals surface area (Å²) in [7, 11) is 0. The zero-order valence-electron chi connectivity index (χ0n) is 11.7. The fourth-order valence-electron chi connectivity index (χ4n) is 2.54. The van der Waals surface area contributed by atoms with E-state index >= 15 is 0 Å². The second-order valence-electron chi connectivity index (χ2n) is 4.99. The number of hydrogen-bond donors (Lipinski definition) is 1. The molecule has 0 saturated carbocycles. The normalized spacial score (nSPS) is 24.4. The van der Waals surface area contributed by atoms with Gasteiger partial charge in [-0.1, -0.05) is 18.2 Å². The number of aliphatic hydroxyl groups is 1. The van der Waals surface area contributed by atoms with E-state index in [0.717, 1.165) is 25.4 Å². The van der Waals surface area contributed by atoms with Crippen LogP contribution in [0.15, 0.2) is 24.3 Å². The summed E-state index contributed by atoms with van der Waals surface area (Å²) >= 11 is 0. The molecule has 0 radical (unpaired) electrons. The Morgan fingerprint density at radius 3 is 2.89 bits per heavy atom. The van der Waals surface area contributed by atoms with Gasteiger partial charge in [-0.25, -0.2) is 0 Å². The Bertz CT molecular complexity index is 397. The van der Waals surface area contributed by atoms with Crippen molar-refractivity contribution in [2.75, 3.05) is 26.3 Å². The lowest BCUT2D eigenvalue weighted by Gasteiger charge is -2.36. The summed E-state index contributed by atoms with van der Waals surface area (Å²) in [4.78, 5) is 2.31. The number of aliphatic hydroxyl groups excluding tert-OH is 1. The predicted octanol–water partition coefficient (Wildman–Crippen LogP) is 1.67. The molecule has 2 rings (SSSR count). The van der Waals surface area contributed by atoms with E-state index in [1.54, 1.807) is 0 Å². The first-order valence-corrected chi connectivity index (χ1v) is 6.92. The van der Waals surface area contributed by atoms with Crippen LogP contribution < -0.4 is 4.74 Å². The first-order valence-electron chi connectivity index (χ1n) is 6.92. The molecule has 0 spiro atoms. The average molecular weight is 265 g/mol. The minimum absolute atomic E-state index is 0.0773. The Morgan fingerprint density at radius 1 is 1.37 bits per heavy atom. The number of nitrogens with zero attached hydrogens (tertiary/aromatic N) is 1. The molecule has 1 saturated heterocycles. The Labute approximate surface area is 114 Å². The molecule has 1 aliphatic heterocycles. The molecule has 1 aromatic rings. The van der Waals surface area contributed by atoms with Crippen molar-refractivity contribution in [2.24, 2.45) is 0 Å². The molecule has 1 aliphatic rings. The summed E-state index contributed by atoms with van der Waals surface area (Å²) < 4.78 is 11.3. The Kier molecular flexibility index (Phi) is 5.19. The van der Waals surface area contributed by atoms with Crippen LogP contribution in [0.25, 0.3) is 0 Å². The van der Waals surface area contributed by atoms with Gasteiger partial charge in [0, 0.05) is 25.2 Å². The van der Waals surface area contributed by atoms with Crippen LogP contribution in [0, 0.1) is 0 Å². The van der Waals surface area contributed by atoms with E-state index in [2.05, 4.69) is 11.0 Å². The minimum Gasteiger partial charge on any atom is -0.494 e. The number of benzene rings is 1. The predicted molar refractivity (Wildman–Crippen MR) is 74.3 cm³/mol. The quantitative estimate of drug-likeness (QED) is 0.879. The van der Waals surface area contributed by atoms with Gasteiger partial charge in [-0.05, 0) is 19.9 Å². The van der Waals surface area contributed by atoms with E-state index in [9.17, 15) is 5.11 Å². The molecule has 0 aliphatic carbocycles. The molecule has 0 amide bonds. The minimum atomic E-state index is -0.0806. The van der Waals surface area contributed by atoms with E-state index in [4.69, 9.17) is 9.47 Å². The summed E-state index contributed by atoms with van der Waals surface area (Å²) in [5.74, 6) is 0.949. The van der Waals surface area contributed by atoms with Crippen LogP contribution in [-0.2, 0) is 11.3 Å². The van der Waals surface area contributed by atoms with Crippen molar-refractivity contribution in [2.45, 2.75) is 32.6 Å². The van der Waals surface area contributed by atoms with Gasteiger partial charge in [0.2, 0.25) is 0 Å². The molecule has 1 heterocycles. The fourth-order valence-corrected chi connectivity index (χ4v) is 2.54. The van der Waals surface area contributed by atoms with Crippen molar-refractivity contribution in [3.8, 4) is 5.75 Å². The summed E-state index contributed by atoms with van der Waals surface area (Å²) in [6, 6.07) is 8.13. The fraction of sp³-hybridized carbons (Fsp3) is 0.600. The van der Waals surface area contributed by atoms with Crippen LogP contribution >= 0.6 is 0 Å². The smallest absolute Gasteiger partial charge is 0.123 e. The lowest BCUT2D eigenvalue weighted by Crippen LogP contribution is -2.47. The van der Waals surface area contributed by atoms with Crippen LogP contribution in [0.2, 0.25) is 0 Å². The average Bonchev–Trinajstić information content (AvgIpc) is 2.40. The molecule has 1 aromatic carbocycles. The highest BCUT2D eigenvalue weighted by molar-refractivity contribution is 5.33. The first kappa shape index (κ1) is 14.3. The van der Waals surface area contributed by atoms with Crippen LogP contribution in [0.4, 0.5) is 0 Å². The monoisotopic (exact) mass is 265 g/mol. The van der Waals surface area contributed by atoms with E-state index in [0.29, 0.717) is 6.61 Å². The highest BCUT2D eigenvalue weighted by Gasteiger charge is 2.25. The zero-order valence-corrected chi connectivity index (χ0v) is 11.7. The van der Waals surface area contributed by atoms with E-state index < -0.39 is 0 Å². The Hall–Kier alpha value is -1.10. The zero-order chi connectivity index (χ0) is 13.7. The third kappa shape index (κ3) is 3.93. The Balaban J connectivity index is 2.03. The van der Waals surface area contributed by atoms with E-state index in [1.165, 1.54) is 5.56 Å². The maximum absolute atomic E-state index is 9.26. The molecule has 4 nitrogen and oxygen atoms in total. The Morgan fingerprint density at radius 2 is 2.16 bits per heavy atom. The summed E-state index contributed by atoms with van der Waals surface area (Å²) in [6.45, 7) is 7.28. The van der Waals surface area contributed by atoms with Gasteiger partial charge in [-0.2, -0.15) is 0 Å². The number of hydrogen-bond acceptors (Lipinski definition) is 4. The molecule has 0 bridgehead atoms. The number of rotatable bonds is 5. The molecule has 1 fully saturated rings. The van der Waals surface area contributed by atoms with Gasteiger partial charge in [0.25, 0.3) is 0 Å². The van der Waals surface area contributed by atoms with E-state index in [1.807, 2.05) is 32.0 Å². The largest absolute Gasteiger partial charge is 0.494 e. The highest BCUT2D eigenvalue weighted by atomic mass is 16.5. The molecule has 1 N–H and O–H groups in total. The van der Waals surface area contributed by atoms with Crippen molar-refractivity contribution in [1.29, 1.82) is 0 Å². The number of ether oxygens (including phenoxy) is 2. The van der Waals surface area contributed by atoms with Crippen LogP contribution in [-0.4, -0.2) is 48.5 Å². The standard InChI is InChI=1S/C15H23NO3/c1-3-18-15-7-5-4-6-13(15)9-16-8-12(2)19-14(10-16)11-17/h4-7,12,14,17H,3,8-11H2,1-2H3. The van der Waals surface area contributed by atoms with Gasteiger partial charge in [0.1, 0.15) is 5.75 Å². The molecule has 2 unspecified atom stereocenters. The highest BCUT2D eigenvalue weighted by Crippen LogP contribution is 2.22. The van der Waals surface area contributed by atoms with Gasteiger partial charge in [0.15, 0.2) is 0 Å². The second-order valence-corrected chi connectivity index (χ2v) is 4.99. The lowest BCUT2D eigenvalue weighted by molar-refractivity contribution is -0.0973. The molecule has 106 valence electrons. The second kappa shape index (κ2) is 6.89. The van der Waals surface area contributed by atoms with Crippen LogP contribution in [0.5, 0.6) is 5.75 Å². The third-order valence-corrected chi connectivity index (χ3v) is 3.27. The van der Waals surface area contributed by atoms with Crippen molar-refractivity contribution < 1.29 is 14.6 Å². The number of morpholine rings is 1. The molecular weight excluding hydrogens is 242 g/mol.